The van der Waals surface area contributed by atoms with Gasteiger partial charge in [0.2, 0.25) is 0 Å². The summed E-state index contributed by atoms with van der Waals surface area (Å²) in [6.07, 6.45) is 6.99. The summed E-state index contributed by atoms with van der Waals surface area (Å²) in [5.74, 6) is 5.44. The molecule has 10 heteroatoms. The summed E-state index contributed by atoms with van der Waals surface area (Å²) < 4.78 is 25.6. The fourth-order valence-electron chi connectivity index (χ4n) is 5.11. The van der Waals surface area contributed by atoms with Crippen molar-refractivity contribution in [2.45, 2.75) is 82.3 Å². The van der Waals surface area contributed by atoms with Gasteiger partial charge >= 0.3 is 0 Å². The number of aromatic nitrogens is 5. The number of rotatable bonds is 2. The molecule has 33 heavy (non-hydrogen) atoms. The Hall–Kier alpha value is -2.84. The van der Waals surface area contributed by atoms with Crippen LogP contribution in [0.5, 0.6) is 0 Å². The second kappa shape index (κ2) is 7.33. The van der Waals surface area contributed by atoms with Crippen molar-refractivity contribution in [1.82, 2.24) is 24.7 Å². The number of imidazole rings is 1. The first kappa shape index (κ1) is 20.7. The van der Waals surface area contributed by atoms with Crippen LogP contribution in [0.4, 0.5) is 0 Å². The first-order chi connectivity index (χ1) is 15.8. The van der Waals surface area contributed by atoms with Crippen LogP contribution >= 0.6 is 0 Å². The number of nitrogens with two attached hydrogens (primary N) is 1. The topological polar surface area (TPSA) is 123 Å². The molecule has 172 valence electrons. The van der Waals surface area contributed by atoms with Crippen LogP contribution in [0.1, 0.15) is 62.7 Å². The molecule has 0 amide bonds. The van der Waals surface area contributed by atoms with Gasteiger partial charge in [-0.15, -0.1) is 0 Å². The molecule has 5 heterocycles. The van der Waals surface area contributed by atoms with Gasteiger partial charge in [0.15, 0.2) is 23.4 Å². The van der Waals surface area contributed by atoms with Crippen molar-refractivity contribution in [3.8, 4) is 11.8 Å². The maximum atomic E-state index is 6.70. The summed E-state index contributed by atoms with van der Waals surface area (Å²) in [5.41, 5.74) is 9.83. The zero-order valence-corrected chi connectivity index (χ0v) is 18.8. The Labute approximate surface area is 190 Å². The predicted octanol–water partition coefficient (Wildman–Crippen LogP) is 2.32. The van der Waals surface area contributed by atoms with E-state index in [4.69, 9.17) is 24.5 Å². The molecule has 3 aromatic heterocycles. The van der Waals surface area contributed by atoms with E-state index in [1.165, 1.54) is 0 Å². The minimum atomic E-state index is -0.761. The molecule has 2 aliphatic heterocycles. The van der Waals surface area contributed by atoms with Crippen molar-refractivity contribution in [2.24, 2.45) is 5.73 Å². The van der Waals surface area contributed by atoms with Crippen LogP contribution in [-0.2, 0) is 19.7 Å². The lowest BCUT2D eigenvalue weighted by Gasteiger charge is -2.24. The Morgan fingerprint density at radius 2 is 1.91 bits per heavy atom. The minimum Gasteiger partial charge on any atom is -0.363 e. The third kappa shape index (κ3) is 3.35. The molecule has 0 bridgehead atoms. The molecule has 0 spiro atoms. The van der Waals surface area contributed by atoms with Gasteiger partial charge in [0.1, 0.15) is 36.4 Å². The smallest absolute Gasteiger partial charge is 0.167 e. The molecule has 3 aliphatic rings. The van der Waals surface area contributed by atoms with Crippen LogP contribution in [0.3, 0.4) is 0 Å². The largest absolute Gasteiger partial charge is 0.363 e. The van der Waals surface area contributed by atoms with Crippen LogP contribution in [0, 0.1) is 18.8 Å². The van der Waals surface area contributed by atoms with E-state index in [0.717, 1.165) is 36.9 Å². The van der Waals surface area contributed by atoms with E-state index in [9.17, 15) is 0 Å². The van der Waals surface area contributed by atoms with Crippen LogP contribution in [0.15, 0.2) is 23.4 Å². The average molecular weight is 450 g/mol. The van der Waals surface area contributed by atoms with Crippen molar-refractivity contribution >= 4 is 11.2 Å². The first-order valence-electron chi connectivity index (χ1n) is 11.3. The number of aryl methyl sites for hydroxylation is 1. The minimum absolute atomic E-state index is 0.376. The van der Waals surface area contributed by atoms with E-state index in [0.29, 0.717) is 16.9 Å². The summed E-state index contributed by atoms with van der Waals surface area (Å²) in [7, 11) is 0. The fraction of sp³-hybridized carbons (Fsp3) is 0.565. The van der Waals surface area contributed by atoms with Gasteiger partial charge in [0, 0.05) is 5.56 Å². The summed E-state index contributed by atoms with van der Waals surface area (Å²) in [4.78, 5) is 13.7. The summed E-state index contributed by atoms with van der Waals surface area (Å²) in [5, 5.41) is 3.93. The average Bonchev–Trinajstić information content (AvgIpc) is 3.57. The lowest BCUT2D eigenvalue weighted by atomic mass is 9.94. The second-order valence-corrected chi connectivity index (χ2v) is 9.54. The Morgan fingerprint density at radius 3 is 2.67 bits per heavy atom. The van der Waals surface area contributed by atoms with Crippen molar-refractivity contribution in [1.29, 1.82) is 0 Å². The lowest BCUT2D eigenvalue weighted by Crippen LogP contribution is -2.34. The summed E-state index contributed by atoms with van der Waals surface area (Å²) >= 11 is 0. The zero-order valence-electron chi connectivity index (χ0n) is 18.8. The van der Waals surface area contributed by atoms with Crippen LogP contribution in [0.2, 0.25) is 0 Å². The van der Waals surface area contributed by atoms with E-state index in [1.54, 1.807) is 18.9 Å². The van der Waals surface area contributed by atoms with Crippen LogP contribution in [-0.4, -0.2) is 48.8 Å². The zero-order chi connectivity index (χ0) is 22.8. The summed E-state index contributed by atoms with van der Waals surface area (Å²) in [6, 6.07) is 0. The highest BCUT2D eigenvalue weighted by Gasteiger charge is 2.56. The molecule has 3 aromatic rings. The molecule has 3 fully saturated rings. The number of nitrogens with zero attached hydrogens (tertiary/aromatic N) is 5. The van der Waals surface area contributed by atoms with Gasteiger partial charge in [-0.1, -0.05) is 23.9 Å². The van der Waals surface area contributed by atoms with Crippen molar-refractivity contribution in [3.05, 3.63) is 35.9 Å². The van der Waals surface area contributed by atoms with E-state index >= 15 is 0 Å². The number of hydrogen-bond donors (Lipinski definition) is 1. The maximum absolute atomic E-state index is 6.70. The van der Waals surface area contributed by atoms with Gasteiger partial charge in [-0.05, 0) is 39.5 Å². The van der Waals surface area contributed by atoms with Gasteiger partial charge < -0.3 is 24.5 Å². The monoisotopic (exact) mass is 450 g/mol. The number of hydrogen-bond acceptors (Lipinski definition) is 9. The van der Waals surface area contributed by atoms with Crippen LogP contribution < -0.4 is 5.73 Å². The highest BCUT2D eigenvalue weighted by atomic mass is 16.8. The Morgan fingerprint density at radius 1 is 1.12 bits per heavy atom. The lowest BCUT2D eigenvalue weighted by molar-refractivity contribution is -0.190. The molecular formula is C23H26N6O4. The fourth-order valence-corrected chi connectivity index (χ4v) is 5.11. The predicted molar refractivity (Wildman–Crippen MR) is 116 cm³/mol. The van der Waals surface area contributed by atoms with Gasteiger partial charge in [0.05, 0.1) is 17.6 Å². The van der Waals surface area contributed by atoms with Crippen LogP contribution in [0.25, 0.3) is 11.2 Å². The standard InChI is InChI=1S/C23H26N6O4/c1-13-10-30-28-14(13)6-7-15-17-18(33-22(2,3)32-17)21(31-15)29-12-27-16-19(25-11-26-20(16)29)23(24)8-4-5-9-23/h10-12,15,17-18,21H,4-5,8-9,24H2,1-3H3/t15-,17-,18-,21-/m1/s1. The van der Waals surface area contributed by atoms with Gasteiger partial charge in [-0.2, -0.15) is 0 Å². The molecule has 0 radical (unpaired) electrons. The number of fused-ring (bicyclic) bond motifs is 2. The molecule has 1 aliphatic carbocycles. The van der Waals surface area contributed by atoms with Gasteiger partial charge in [0.25, 0.3) is 0 Å². The normalized spacial score (nSPS) is 29.8. The van der Waals surface area contributed by atoms with E-state index in [1.807, 2.05) is 25.3 Å². The van der Waals surface area contributed by atoms with Crippen molar-refractivity contribution in [3.63, 3.8) is 0 Å². The molecular weight excluding hydrogens is 424 g/mol. The molecule has 0 unspecified atom stereocenters. The molecule has 6 rings (SSSR count). The van der Waals surface area contributed by atoms with E-state index in [2.05, 4.69) is 31.9 Å². The summed E-state index contributed by atoms with van der Waals surface area (Å²) in [6.45, 7) is 5.67. The molecule has 0 aromatic carbocycles. The highest BCUT2D eigenvalue weighted by Crippen LogP contribution is 2.44. The molecule has 2 N–H and O–H groups in total. The molecule has 10 nitrogen and oxygen atoms in total. The Balaban J connectivity index is 1.38. The quantitative estimate of drug-likeness (QED) is 0.586. The maximum Gasteiger partial charge on any atom is 0.167 e. The van der Waals surface area contributed by atoms with Crippen molar-refractivity contribution in [2.75, 3.05) is 0 Å². The molecule has 2 saturated heterocycles. The Bertz CT molecular complexity index is 1260. The molecule has 4 atom stereocenters. The second-order valence-electron chi connectivity index (χ2n) is 9.54. The third-order valence-corrected chi connectivity index (χ3v) is 6.71. The van der Waals surface area contributed by atoms with Crippen molar-refractivity contribution < 1.29 is 18.7 Å². The third-order valence-electron chi connectivity index (χ3n) is 6.71. The highest BCUT2D eigenvalue weighted by molar-refractivity contribution is 5.74. The SMILES string of the molecule is Cc1conc1C#C[C@H]1O[C@@H](n2cnc3c(C4(N)CCCC4)ncnc32)[C@@H]2OC(C)(C)O[C@@H]21. The van der Waals surface area contributed by atoms with Gasteiger partial charge in [-0.25, -0.2) is 15.0 Å². The van der Waals surface area contributed by atoms with Gasteiger partial charge in [-0.3, -0.25) is 4.57 Å². The Kier molecular flexibility index (Phi) is 4.61. The van der Waals surface area contributed by atoms with E-state index < -0.39 is 23.7 Å². The number of ether oxygens (including phenoxy) is 3. The first-order valence-corrected chi connectivity index (χ1v) is 11.3. The van der Waals surface area contributed by atoms with E-state index in [-0.39, 0.29) is 12.2 Å². The molecule has 1 saturated carbocycles.